The van der Waals surface area contributed by atoms with Gasteiger partial charge in [0.1, 0.15) is 4.88 Å². The van der Waals surface area contributed by atoms with Crippen LogP contribution in [0.3, 0.4) is 0 Å². The molecule has 0 radical (unpaired) electrons. The summed E-state index contributed by atoms with van der Waals surface area (Å²) in [4.78, 5) is 15.3. The predicted octanol–water partition coefficient (Wildman–Crippen LogP) is 2.19. The zero-order chi connectivity index (χ0) is 15.6. The van der Waals surface area contributed by atoms with Crippen molar-refractivity contribution in [2.75, 3.05) is 0 Å². The maximum absolute atomic E-state index is 12.4. The van der Waals surface area contributed by atoms with Crippen molar-refractivity contribution in [1.82, 2.24) is 9.71 Å². The number of aryl methyl sites for hydroxylation is 1. The normalized spacial score (nSPS) is 13.0. The Morgan fingerprint density at radius 3 is 2.52 bits per heavy atom. The van der Waals surface area contributed by atoms with Crippen LogP contribution in [-0.2, 0) is 10.0 Å². The molecule has 0 aliphatic rings. The Hall–Kier alpha value is -1.77. The minimum Gasteiger partial charge on any atom is -0.477 e. The maximum atomic E-state index is 12.4. The van der Waals surface area contributed by atoms with Gasteiger partial charge in [-0.05, 0) is 37.6 Å². The molecule has 8 heteroatoms. The molecular weight excluding hydrogens is 312 g/mol. The van der Waals surface area contributed by atoms with E-state index in [-0.39, 0.29) is 9.77 Å². The van der Waals surface area contributed by atoms with E-state index in [0.717, 1.165) is 16.9 Å². The average molecular weight is 326 g/mol. The second-order valence-electron chi connectivity index (χ2n) is 4.46. The molecule has 0 aromatic carbocycles. The second kappa shape index (κ2) is 5.92. The van der Waals surface area contributed by atoms with Gasteiger partial charge in [0, 0.05) is 23.3 Å². The summed E-state index contributed by atoms with van der Waals surface area (Å²) in [5.41, 5.74) is 0.778. The monoisotopic (exact) mass is 326 g/mol. The highest BCUT2D eigenvalue weighted by atomic mass is 32.2. The van der Waals surface area contributed by atoms with Crippen LogP contribution in [0, 0.1) is 6.92 Å². The largest absolute Gasteiger partial charge is 0.477 e. The first-order chi connectivity index (χ1) is 9.81. The molecule has 2 heterocycles. The van der Waals surface area contributed by atoms with E-state index in [4.69, 9.17) is 5.11 Å². The number of carboxylic acids is 1. The minimum absolute atomic E-state index is 0.00411. The third kappa shape index (κ3) is 3.46. The average Bonchev–Trinajstić information content (AvgIpc) is 2.82. The number of nitrogens with one attached hydrogen (secondary N) is 1. The van der Waals surface area contributed by atoms with Crippen LogP contribution in [0.4, 0.5) is 0 Å². The number of sulfonamides is 1. The molecule has 0 aliphatic carbocycles. The van der Waals surface area contributed by atoms with Gasteiger partial charge >= 0.3 is 5.97 Å². The Balaban J connectivity index is 2.29. The quantitative estimate of drug-likeness (QED) is 0.878. The van der Waals surface area contributed by atoms with Crippen molar-refractivity contribution in [3.05, 3.63) is 45.9 Å². The molecule has 21 heavy (non-hydrogen) atoms. The molecule has 0 aliphatic heterocycles. The zero-order valence-electron chi connectivity index (χ0n) is 11.4. The highest BCUT2D eigenvalue weighted by molar-refractivity contribution is 7.89. The van der Waals surface area contributed by atoms with E-state index >= 15 is 0 Å². The second-order valence-corrected chi connectivity index (χ2v) is 7.40. The molecule has 2 aromatic rings. The van der Waals surface area contributed by atoms with Crippen molar-refractivity contribution < 1.29 is 18.3 Å². The van der Waals surface area contributed by atoms with E-state index in [9.17, 15) is 13.2 Å². The topological polar surface area (TPSA) is 96.4 Å². The lowest BCUT2D eigenvalue weighted by atomic mass is 10.1. The molecule has 0 saturated heterocycles. The molecule has 2 rings (SSSR count). The van der Waals surface area contributed by atoms with Gasteiger partial charge in [-0.15, -0.1) is 11.3 Å². The molecule has 2 aromatic heterocycles. The fourth-order valence-electron chi connectivity index (χ4n) is 1.85. The number of carbonyl (C=O) groups is 1. The Morgan fingerprint density at radius 1 is 1.38 bits per heavy atom. The fourth-order valence-corrected chi connectivity index (χ4v) is 4.52. The summed E-state index contributed by atoms with van der Waals surface area (Å²) in [7, 11) is -3.77. The number of rotatable bonds is 5. The number of pyridine rings is 1. The zero-order valence-corrected chi connectivity index (χ0v) is 13.0. The van der Waals surface area contributed by atoms with Crippen LogP contribution in [-0.4, -0.2) is 24.5 Å². The molecule has 6 nitrogen and oxygen atoms in total. The Morgan fingerprint density at radius 2 is 2.00 bits per heavy atom. The van der Waals surface area contributed by atoms with Gasteiger partial charge in [-0.2, -0.15) is 0 Å². The highest BCUT2D eigenvalue weighted by Gasteiger charge is 2.24. The van der Waals surface area contributed by atoms with Crippen LogP contribution >= 0.6 is 11.3 Å². The molecule has 0 bridgehead atoms. The number of thiophene rings is 1. The van der Waals surface area contributed by atoms with E-state index in [2.05, 4.69) is 9.71 Å². The van der Waals surface area contributed by atoms with Gasteiger partial charge in [0.25, 0.3) is 0 Å². The maximum Gasteiger partial charge on any atom is 0.345 e. The van der Waals surface area contributed by atoms with Crippen LogP contribution in [0.1, 0.15) is 33.1 Å². The van der Waals surface area contributed by atoms with Crippen LogP contribution in [0.15, 0.2) is 35.5 Å². The van der Waals surface area contributed by atoms with E-state index in [1.54, 1.807) is 38.4 Å². The molecule has 1 atom stereocenters. The van der Waals surface area contributed by atoms with Crippen molar-refractivity contribution >= 4 is 27.3 Å². The Kier molecular flexibility index (Phi) is 4.40. The van der Waals surface area contributed by atoms with Crippen molar-refractivity contribution in [1.29, 1.82) is 0 Å². The number of hydrogen-bond acceptors (Lipinski definition) is 5. The first kappa shape index (κ1) is 15.6. The lowest BCUT2D eigenvalue weighted by Gasteiger charge is -2.14. The predicted molar refractivity (Wildman–Crippen MR) is 79.0 cm³/mol. The summed E-state index contributed by atoms with van der Waals surface area (Å²) in [5.74, 6) is -1.13. The van der Waals surface area contributed by atoms with Crippen molar-refractivity contribution in [3.63, 3.8) is 0 Å². The van der Waals surface area contributed by atoms with Gasteiger partial charge in [0.2, 0.25) is 10.0 Å². The number of hydrogen-bond donors (Lipinski definition) is 2. The standard InChI is InChI=1S/C13H14N2O4S2/c1-8(10-3-5-14-6-4-10)15-21(18,19)12-7-11(13(16)17)20-9(12)2/h3-8,15H,1-2H3,(H,16,17). The lowest BCUT2D eigenvalue weighted by Crippen LogP contribution is -2.27. The van der Waals surface area contributed by atoms with Crippen LogP contribution in [0.5, 0.6) is 0 Å². The lowest BCUT2D eigenvalue weighted by molar-refractivity contribution is 0.0702. The molecule has 1 unspecified atom stereocenters. The Bertz CT molecular complexity index is 754. The summed E-state index contributed by atoms with van der Waals surface area (Å²) in [6, 6.07) is 4.18. The van der Waals surface area contributed by atoms with E-state index in [0.29, 0.717) is 4.88 Å². The number of aromatic nitrogens is 1. The number of aromatic carboxylic acids is 1. The van der Waals surface area contributed by atoms with Gasteiger partial charge in [-0.1, -0.05) is 0 Å². The van der Waals surface area contributed by atoms with E-state index < -0.39 is 22.0 Å². The third-order valence-electron chi connectivity index (χ3n) is 2.91. The van der Waals surface area contributed by atoms with Gasteiger partial charge in [-0.3, -0.25) is 4.98 Å². The van der Waals surface area contributed by atoms with E-state index in [1.165, 1.54) is 6.07 Å². The Labute approximate surface area is 126 Å². The summed E-state index contributed by atoms with van der Waals surface area (Å²) < 4.78 is 27.3. The summed E-state index contributed by atoms with van der Waals surface area (Å²) in [5, 5.41) is 8.94. The summed E-state index contributed by atoms with van der Waals surface area (Å²) in [6.07, 6.45) is 3.16. The smallest absolute Gasteiger partial charge is 0.345 e. The van der Waals surface area contributed by atoms with Gasteiger partial charge < -0.3 is 5.11 Å². The molecule has 0 spiro atoms. The van der Waals surface area contributed by atoms with E-state index in [1.807, 2.05) is 0 Å². The van der Waals surface area contributed by atoms with Gasteiger partial charge in [0.15, 0.2) is 0 Å². The number of carboxylic acid groups (broad SMARTS) is 1. The summed E-state index contributed by atoms with van der Waals surface area (Å²) in [6.45, 7) is 3.30. The SMILES string of the molecule is Cc1sc(C(=O)O)cc1S(=O)(=O)NC(C)c1ccncc1. The molecule has 0 amide bonds. The molecule has 112 valence electrons. The molecular formula is C13H14N2O4S2. The third-order valence-corrected chi connectivity index (χ3v) is 5.75. The van der Waals surface area contributed by atoms with Gasteiger partial charge in [0.05, 0.1) is 4.90 Å². The minimum atomic E-state index is -3.77. The summed E-state index contributed by atoms with van der Waals surface area (Å²) >= 11 is 0.944. The van der Waals surface area contributed by atoms with Crippen molar-refractivity contribution in [2.24, 2.45) is 0 Å². The first-order valence-electron chi connectivity index (χ1n) is 6.07. The van der Waals surface area contributed by atoms with Crippen LogP contribution in [0.2, 0.25) is 0 Å². The van der Waals surface area contributed by atoms with Crippen molar-refractivity contribution in [3.8, 4) is 0 Å². The highest BCUT2D eigenvalue weighted by Crippen LogP contribution is 2.27. The molecule has 0 fully saturated rings. The molecule has 0 saturated carbocycles. The van der Waals surface area contributed by atoms with Crippen LogP contribution in [0.25, 0.3) is 0 Å². The number of nitrogens with zero attached hydrogens (tertiary/aromatic N) is 1. The van der Waals surface area contributed by atoms with Crippen molar-refractivity contribution in [2.45, 2.75) is 24.8 Å². The van der Waals surface area contributed by atoms with Crippen LogP contribution < -0.4 is 4.72 Å². The fraction of sp³-hybridized carbons (Fsp3) is 0.231. The van der Waals surface area contributed by atoms with Gasteiger partial charge in [-0.25, -0.2) is 17.9 Å². The first-order valence-corrected chi connectivity index (χ1v) is 8.37. The molecule has 2 N–H and O–H groups in total.